The van der Waals surface area contributed by atoms with Crippen LogP contribution in [-0.4, -0.2) is 67.1 Å². The Labute approximate surface area is 204 Å². The molecule has 0 spiro atoms. The van der Waals surface area contributed by atoms with E-state index in [0.29, 0.717) is 22.5 Å². The van der Waals surface area contributed by atoms with Crippen LogP contribution in [0.2, 0.25) is 5.02 Å². The van der Waals surface area contributed by atoms with Crippen LogP contribution in [0.15, 0.2) is 42.9 Å². The van der Waals surface area contributed by atoms with E-state index in [0.717, 1.165) is 56.0 Å². The summed E-state index contributed by atoms with van der Waals surface area (Å²) in [6.45, 7) is 12.8. The van der Waals surface area contributed by atoms with Crippen LogP contribution in [0.4, 0.5) is 11.8 Å². The van der Waals surface area contributed by atoms with E-state index in [1.807, 2.05) is 29.8 Å². The predicted octanol–water partition coefficient (Wildman–Crippen LogP) is 4.34. The minimum absolute atomic E-state index is 0.443. The molecule has 0 saturated carbocycles. The van der Waals surface area contributed by atoms with Gasteiger partial charge in [0.2, 0.25) is 5.95 Å². The summed E-state index contributed by atoms with van der Waals surface area (Å²) in [7, 11) is 0. The number of rotatable bonds is 6. The van der Waals surface area contributed by atoms with Gasteiger partial charge in [0, 0.05) is 50.2 Å². The molecule has 176 valence electrons. The lowest BCUT2D eigenvalue weighted by Crippen LogP contribution is -2.45. The minimum atomic E-state index is 0.443. The Balaban J connectivity index is 1.31. The number of piperazine rings is 1. The van der Waals surface area contributed by atoms with Crippen molar-refractivity contribution in [2.24, 2.45) is 0 Å². The van der Waals surface area contributed by atoms with Crippen LogP contribution in [0, 0.1) is 13.8 Å². The summed E-state index contributed by atoms with van der Waals surface area (Å²) in [5, 5.41) is 8.22. The first-order chi connectivity index (χ1) is 16.5. The number of hydrogen-bond donors (Lipinski definition) is 1. The SMILES string of the molecule is CCN1CCN(Cc2ccc(Nc3ncc(Cl)c(-c4cnn5c(C)c(C)ccc45)n3)nc2)CC1. The number of hydrogen-bond acceptors (Lipinski definition) is 7. The first-order valence-electron chi connectivity index (χ1n) is 11.7. The van der Waals surface area contributed by atoms with Gasteiger partial charge >= 0.3 is 0 Å². The van der Waals surface area contributed by atoms with E-state index < -0.39 is 0 Å². The molecular formula is C25H29ClN8. The number of nitrogens with one attached hydrogen (secondary N) is 1. The maximum Gasteiger partial charge on any atom is 0.228 e. The van der Waals surface area contributed by atoms with Crippen LogP contribution in [0.25, 0.3) is 16.8 Å². The average molecular weight is 477 g/mol. The van der Waals surface area contributed by atoms with Gasteiger partial charge in [-0.05, 0) is 43.7 Å². The lowest BCUT2D eigenvalue weighted by atomic mass is 10.1. The molecule has 1 aliphatic heterocycles. The molecule has 9 heteroatoms. The maximum atomic E-state index is 6.48. The predicted molar refractivity (Wildman–Crippen MR) is 136 cm³/mol. The van der Waals surface area contributed by atoms with Crippen LogP contribution in [0.5, 0.6) is 0 Å². The van der Waals surface area contributed by atoms with E-state index >= 15 is 0 Å². The third kappa shape index (κ3) is 4.61. The summed E-state index contributed by atoms with van der Waals surface area (Å²) in [6, 6.07) is 8.20. The Morgan fingerprint density at radius 3 is 2.47 bits per heavy atom. The summed E-state index contributed by atoms with van der Waals surface area (Å²) >= 11 is 6.48. The third-order valence-electron chi connectivity index (χ3n) is 6.57. The molecule has 1 fully saturated rings. The zero-order chi connectivity index (χ0) is 23.7. The van der Waals surface area contributed by atoms with Gasteiger partial charge in [-0.25, -0.2) is 19.5 Å². The van der Waals surface area contributed by atoms with Gasteiger partial charge in [0.15, 0.2) is 0 Å². The van der Waals surface area contributed by atoms with Crippen molar-refractivity contribution in [1.82, 2.24) is 34.4 Å². The normalized spacial score (nSPS) is 15.2. The molecule has 5 rings (SSSR count). The van der Waals surface area contributed by atoms with E-state index in [4.69, 9.17) is 11.6 Å². The summed E-state index contributed by atoms with van der Waals surface area (Å²) in [4.78, 5) is 18.6. The zero-order valence-corrected chi connectivity index (χ0v) is 20.5. The summed E-state index contributed by atoms with van der Waals surface area (Å²) in [5.74, 6) is 1.14. The first kappa shape index (κ1) is 22.7. The number of likely N-dealkylation sites (N-methyl/N-ethyl adjacent to an activating group) is 1. The van der Waals surface area contributed by atoms with Gasteiger partial charge in [0.1, 0.15) is 5.82 Å². The first-order valence-corrected chi connectivity index (χ1v) is 12.0. The number of anilines is 2. The second kappa shape index (κ2) is 9.66. The third-order valence-corrected chi connectivity index (χ3v) is 6.84. The number of aryl methyl sites for hydroxylation is 2. The number of halogens is 1. The summed E-state index contributed by atoms with van der Waals surface area (Å²) in [6.07, 6.45) is 5.33. The van der Waals surface area contributed by atoms with E-state index in [1.54, 1.807) is 12.4 Å². The molecule has 8 nitrogen and oxygen atoms in total. The second-order valence-corrected chi connectivity index (χ2v) is 9.14. The maximum absolute atomic E-state index is 6.48. The van der Waals surface area contributed by atoms with Crippen LogP contribution in [0.3, 0.4) is 0 Å². The molecular weight excluding hydrogens is 448 g/mol. The van der Waals surface area contributed by atoms with Crippen LogP contribution in [0.1, 0.15) is 23.7 Å². The van der Waals surface area contributed by atoms with Gasteiger partial charge in [-0.15, -0.1) is 0 Å². The highest BCUT2D eigenvalue weighted by Gasteiger charge is 2.17. The highest BCUT2D eigenvalue weighted by Crippen LogP contribution is 2.31. The van der Waals surface area contributed by atoms with Gasteiger partial charge in [-0.3, -0.25) is 4.90 Å². The molecule has 1 N–H and O–H groups in total. The molecule has 1 aliphatic rings. The Hall–Kier alpha value is -3.07. The fraction of sp³-hybridized carbons (Fsp3) is 0.360. The summed E-state index contributed by atoms with van der Waals surface area (Å²) in [5.41, 5.74) is 5.92. The molecule has 0 aliphatic carbocycles. The Kier molecular flexibility index (Phi) is 6.45. The lowest BCUT2D eigenvalue weighted by molar-refractivity contribution is 0.132. The Morgan fingerprint density at radius 1 is 0.941 bits per heavy atom. The number of pyridine rings is 2. The summed E-state index contributed by atoms with van der Waals surface area (Å²) < 4.78 is 1.92. The van der Waals surface area contributed by atoms with Crippen molar-refractivity contribution in [1.29, 1.82) is 0 Å². The monoisotopic (exact) mass is 476 g/mol. The van der Waals surface area contributed by atoms with Crippen molar-refractivity contribution in [3.8, 4) is 11.3 Å². The van der Waals surface area contributed by atoms with Crippen molar-refractivity contribution in [3.63, 3.8) is 0 Å². The van der Waals surface area contributed by atoms with Crippen molar-refractivity contribution in [2.75, 3.05) is 38.0 Å². The second-order valence-electron chi connectivity index (χ2n) is 8.73. The largest absolute Gasteiger partial charge is 0.309 e. The Bertz CT molecular complexity index is 1290. The quantitative estimate of drug-likeness (QED) is 0.443. The molecule has 1 saturated heterocycles. The molecule has 0 bridgehead atoms. The van der Waals surface area contributed by atoms with Crippen LogP contribution >= 0.6 is 11.6 Å². The molecule has 0 aromatic carbocycles. The molecule has 0 unspecified atom stereocenters. The van der Waals surface area contributed by atoms with Gasteiger partial charge in [0.25, 0.3) is 0 Å². The number of fused-ring (bicyclic) bond motifs is 1. The van der Waals surface area contributed by atoms with E-state index in [9.17, 15) is 0 Å². The van der Waals surface area contributed by atoms with E-state index in [1.165, 1.54) is 11.1 Å². The fourth-order valence-corrected chi connectivity index (χ4v) is 4.50. The number of aromatic nitrogens is 5. The lowest BCUT2D eigenvalue weighted by Gasteiger charge is -2.33. The van der Waals surface area contributed by atoms with Gasteiger partial charge in [0.05, 0.1) is 28.6 Å². The molecule has 5 heterocycles. The zero-order valence-electron chi connectivity index (χ0n) is 19.8. The smallest absolute Gasteiger partial charge is 0.228 e. The van der Waals surface area contributed by atoms with Crippen molar-refractivity contribution in [2.45, 2.75) is 27.3 Å². The fourth-order valence-electron chi connectivity index (χ4n) is 4.30. The van der Waals surface area contributed by atoms with Crippen molar-refractivity contribution >= 4 is 28.9 Å². The molecule has 0 amide bonds. The van der Waals surface area contributed by atoms with Crippen molar-refractivity contribution < 1.29 is 0 Å². The minimum Gasteiger partial charge on any atom is -0.309 e. The Morgan fingerprint density at radius 2 is 1.74 bits per heavy atom. The molecule has 34 heavy (non-hydrogen) atoms. The molecule has 0 atom stereocenters. The van der Waals surface area contributed by atoms with Crippen LogP contribution in [-0.2, 0) is 6.54 Å². The standard InChI is InChI=1S/C25H29ClN8/c1-4-32-9-11-33(12-10-32)16-19-6-8-23(27-13-19)30-25-28-15-21(26)24(31-25)20-14-29-34-18(3)17(2)5-7-22(20)34/h5-8,13-15H,4,9-12,16H2,1-3H3,(H,27,28,30,31). The van der Waals surface area contributed by atoms with Gasteiger partial charge < -0.3 is 10.2 Å². The highest BCUT2D eigenvalue weighted by molar-refractivity contribution is 6.33. The van der Waals surface area contributed by atoms with Crippen LogP contribution < -0.4 is 5.32 Å². The molecule has 0 radical (unpaired) electrons. The molecule has 4 aromatic rings. The number of nitrogens with zero attached hydrogens (tertiary/aromatic N) is 7. The van der Waals surface area contributed by atoms with Gasteiger partial charge in [-0.2, -0.15) is 5.10 Å². The van der Waals surface area contributed by atoms with E-state index in [-0.39, 0.29) is 0 Å². The van der Waals surface area contributed by atoms with Gasteiger partial charge in [-0.1, -0.05) is 30.7 Å². The highest BCUT2D eigenvalue weighted by atomic mass is 35.5. The van der Waals surface area contributed by atoms with Crippen molar-refractivity contribution in [3.05, 3.63) is 64.7 Å². The average Bonchev–Trinajstić information content (AvgIpc) is 3.29. The molecule has 4 aromatic heterocycles. The topological polar surface area (TPSA) is 74.5 Å². The van der Waals surface area contributed by atoms with E-state index in [2.05, 4.69) is 61.1 Å².